The van der Waals surface area contributed by atoms with Crippen LogP contribution in [0, 0.1) is 29.9 Å². The van der Waals surface area contributed by atoms with Gasteiger partial charge in [-0.15, -0.1) is 0 Å². The quantitative estimate of drug-likeness (QED) is 0.547. The number of amides is 2. The van der Waals surface area contributed by atoms with Crippen LogP contribution < -0.4 is 5.32 Å². The second-order valence-corrected chi connectivity index (χ2v) is 7.04. The topological polar surface area (TPSA) is 119 Å². The SMILES string of the molecule is Cc1cc(NC(=O)CN(CCC(C)C)C(=O)c2ccc(C)c([N+](=O)[O-])c2)no1. The summed E-state index contributed by atoms with van der Waals surface area (Å²) >= 11 is 0. The molecule has 1 aromatic carbocycles. The number of anilines is 1. The molecule has 9 nitrogen and oxygen atoms in total. The number of nitrogens with one attached hydrogen (secondary N) is 1. The molecule has 0 atom stereocenters. The second kappa shape index (κ2) is 9.12. The molecule has 28 heavy (non-hydrogen) atoms. The van der Waals surface area contributed by atoms with Crippen LogP contribution in [0.5, 0.6) is 0 Å². The standard InChI is InChI=1S/C19H24N4O5/c1-12(2)7-8-22(11-18(24)20-17-9-14(4)28-21-17)19(25)15-6-5-13(3)16(10-15)23(26)27/h5-6,9-10,12H,7-8,11H2,1-4H3,(H,20,21,24). The lowest BCUT2D eigenvalue weighted by Gasteiger charge is -2.23. The van der Waals surface area contributed by atoms with Gasteiger partial charge in [-0.3, -0.25) is 19.7 Å². The van der Waals surface area contributed by atoms with Crippen molar-refractivity contribution in [2.45, 2.75) is 34.1 Å². The fraction of sp³-hybridized carbons (Fsp3) is 0.421. The van der Waals surface area contributed by atoms with Gasteiger partial charge in [-0.1, -0.05) is 25.1 Å². The van der Waals surface area contributed by atoms with Gasteiger partial charge >= 0.3 is 0 Å². The Morgan fingerprint density at radius 3 is 2.57 bits per heavy atom. The van der Waals surface area contributed by atoms with Crippen molar-refractivity contribution in [3.05, 3.63) is 51.3 Å². The smallest absolute Gasteiger partial charge is 0.273 e. The second-order valence-electron chi connectivity index (χ2n) is 7.04. The molecule has 0 saturated heterocycles. The molecule has 1 aromatic heterocycles. The summed E-state index contributed by atoms with van der Waals surface area (Å²) in [5, 5.41) is 17.4. The zero-order chi connectivity index (χ0) is 20.8. The van der Waals surface area contributed by atoms with Gasteiger partial charge in [-0.05, 0) is 32.3 Å². The molecule has 1 heterocycles. The van der Waals surface area contributed by atoms with Crippen LogP contribution >= 0.6 is 0 Å². The lowest BCUT2D eigenvalue weighted by Crippen LogP contribution is -2.39. The third-order valence-electron chi connectivity index (χ3n) is 4.15. The van der Waals surface area contributed by atoms with E-state index in [2.05, 4.69) is 10.5 Å². The van der Waals surface area contributed by atoms with Crippen LogP contribution in [0.1, 0.15) is 41.9 Å². The molecule has 150 valence electrons. The summed E-state index contributed by atoms with van der Waals surface area (Å²) in [6.07, 6.45) is 0.691. The van der Waals surface area contributed by atoms with E-state index in [1.165, 1.54) is 23.1 Å². The van der Waals surface area contributed by atoms with Gasteiger partial charge in [0.15, 0.2) is 5.82 Å². The van der Waals surface area contributed by atoms with Gasteiger partial charge < -0.3 is 14.7 Å². The van der Waals surface area contributed by atoms with Gasteiger partial charge in [-0.2, -0.15) is 0 Å². The number of aromatic nitrogens is 1. The summed E-state index contributed by atoms with van der Waals surface area (Å²) in [7, 11) is 0. The van der Waals surface area contributed by atoms with E-state index in [4.69, 9.17) is 4.52 Å². The summed E-state index contributed by atoms with van der Waals surface area (Å²) in [6.45, 7) is 7.49. The van der Waals surface area contributed by atoms with E-state index in [0.717, 1.165) is 0 Å². The summed E-state index contributed by atoms with van der Waals surface area (Å²) in [4.78, 5) is 37.3. The van der Waals surface area contributed by atoms with E-state index < -0.39 is 16.7 Å². The molecule has 0 aliphatic carbocycles. The highest BCUT2D eigenvalue weighted by atomic mass is 16.6. The van der Waals surface area contributed by atoms with Gasteiger partial charge in [0.05, 0.1) is 4.92 Å². The maximum atomic E-state index is 12.9. The minimum atomic E-state index is -0.524. The maximum absolute atomic E-state index is 12.9. The predicted octanol–water partition coefficient (Wildman–Crippen LogP) is 3.33. The van der Waals surface area contributed by atoms with Crippen LogP contribution in [0.15, 0.2) is 28.8 Å². The number of aryl methyl sites for hydroxylation is 2. The van der Waals surface area contributed by atoms with Crippen molar-refractivity contribution in [2.75, 3.05) is 18.4 Å². The van der Waals surface area contributed by atoms with E-state index in [1.807, 2.05) is 13.8 Å². The van der Waals surface area contributed by atoms with Crippen LogP contribution in [-0.4, -0.2) is 39.9 Å². The van der Waals surface area contributed by atoms with E-state index in [0.29, 0.717) is 30.2 Å². The van der Waals surface area contributed by atoms with Crippen molar-refractivity contribution < 1.29 is 19.0 Å². The molecule has 2 rings (SSSR count). The van der Waals surface area contributed by atoms with Crippen LogP contribution in [-0.2, 0) is 4.79 Å². The fourth-order valence-corrected chi connectivity index (χ4v) is 2.57. The zero-order valence-corrected chi connectivity index (χ0v) is 16.4. The van der Waals surface area contributed by atoms with Crippen LogP contribution in [0.25, 0.3) is 0 Å². The third-order valence-corrected chi connectivity index (χ3v) is 4.15. The zero-order valence-electron chi connectivity index (χ0n) is 16.4. The van der Waals surface area contributed by atoms with Crippen molar-refractivity contribution in [1.82, 2.24) is 10.1 Å². The highest BCUT2D eigenvalue weighted by molar-refractivity contribution is 5.99. The highest BCUT2D eigenvalue weighted by Gasteiger charge is 2.22. The van der Waals surface area contributed by atoms with E-state index in [9.17, 15) is 19.7 Å². The number of rotatable bonds is 8. The van der Waals surface area contributed by atoms with Gasteiger partial charge in [0.1, 0.15) is 12.3 Å². The molecule has 9 heteroatoms. The highest BCUT2D eigenvalue weighted by Crippen LogP contribution is 2.20. The number of nitro benzene ring substituents is 1. The van der Waals surface area contributed by atoms with Gasteiger partial charge in [0, 0.05) is 29.8 Å². The van der Waals surface area contributed by atoms with E-state index in [1.54, 1.807) is 19.9 Å². The number of benzene rings is 1. The Hall–Kier alpha value is -3.23. The summed E-state index contributed by atoms with van der Waals surface area (Å²) in [5.41, 5.74) is 0.512. The molecule has 1 N–H and O–H groups in total. The van der Waals surface area contributed by atoms with Crippen molar-refractivity contribution in [3.63, 3.8) is 0 Å². The largest absolute Gasteiger partial charge is 0.360 e. The Balaban J connectivity index is 2.19. The van der Waals surface area contributed by atoms with Gasteiger partial charge in [0.2, 0.25) is 5.91 Å². The molecule has 0 saturated carbocycles. The van der Waals surface area contributed by atoms with Gasteiger partial charge in [0.25, 0.3) is 11.6 Å². The lowest BCUT2D eigenvalue weighted by molar-refractivity contribution is -0.385. The first-order valence-corrected chi connectivity index (χ1v) is 8.95. The number of carbonyl (C=O) groups excluding carboxylic acids is 2. The Labute approximate surface area is 162 Å². The predicted molar refractivity (Wildman–Crippen MR) is 103 cm³/mol. The molecule has 2 aromatic rings. The maximum Gasteiger partial charge on any atom is 0.273 e. The first-order valence-electron chi connectivity index (χ1n) is 8.95. The van der Waals surface area contributed by atoms with Crippen LogP contribution in [0.3, 0.4) is 0 Å². The Morgan fingerprint density at radius 2 is 2.00 bits per heavy atom. The fourth-order valence-electron chi connectivity index (χ4n) is 2.57. The van der Waals surface area contributed by atoms with Gasteiger partial charge in [-0.25, -0.2) is 0 Å². The monoisotopic (exact) mass is 388 g/mol. The molecular weight excluding hydrogens is 364 g/mol. The van der Waals surface area contributed by atoms with Crippen molar-refractivity contribution in [1.29, 1.82) is 0 Å². The van der Waals surface area contributed by atoms with E-state index >= 15 is 0 Å². The molecule has 0 fully saturated rings. The average molecular weight is 388 g/mol. The molecular formula is C19H24N4O5. The van der Waals surface area contributed by atoms with Crippen molar-refractivity contribution in [2.24, 2.45) is 5.92 Å². The number of nitrogens with zero attached hydrogens (tertiary/aromatic N) is 3. The third kappa shape index (κ3) is 5.63. The van der Waals surface area contributed by atoms with Crippen molar-refractivity contribution in [3.8, 4) is 0 Å². The molecule has 0 aliphatic rings. The average Bonchev–Trinajstić information content (AvgIpc) is 3.02. The van der Waals surface area contributed by atoms with E-state index in [-0.39, 0.29) is 23.6 Å². The summed E-state index contributed by atoms with van der Waals surface area (Å²) < 4.78 is 4.90. The molecule has 0 bridgehead atoms. The number of hydrogen-bond donors (Lipinski definition) is 1. The minimum absolute atomic E-state index is 0.128. The Morgan fingerprint density at radius 1 is 1.29 bits per heavy atom. The Kier molecular flexibility index (Phi) is 6.86. The first-order chi connectivity index (χ1) is 13.2. The number of hydrogen-bond acceptors (Lipinski definition) is 6. The number of nitro groups is 1. The molecule has 0 spiro atoms. The minimum Gasteiger partial charge on any atom is -0.360 e. The van der Waals surface area contributed by atoms with Crippen molar-refractivity contribution >= 4 is 23.3 Å². The molecule has 0 radical (unpaired) electrons. The summed E-state index contributed by atoms with van der Waals surface area (Å²) in [5.74, 6) is 0.283. The lowest BCUT2D eigenvalue weighted by atomic mass is 10.1. The number of carbonyl (C=O) groups is 2. The summed E-state index contributed by atoms with van der Waals surface area (Å²) in [6, 6.07) is 5.89. The molecule has 2 amide bonds. The van der Waals surface area contributed by atoms with Crippen LogP contribution in [0.4, 0.5) is 11.5 Å². The molecule has 0 unspecified atom stereocenters. The Bertz CT molecular complexity index is 875. The first kappa shape index (κ1) is 21.1. The molecule has 0 aliphatic heterocycles. The van der Waals surface area contributed by atoms with Crippen LogP contribution in [0.2, 0.25) is 0 Å². The normalized spacial score (nSPS) is 10.8.